The predicted molar refractivity (Wildman–Crippen MR) is 117 cm³/mol. The summed E-state index contributed by atoms with van der Waals surface area (Å²) in [4.78, 5) is 23.3. The molecule has 0 aliphatic carbocycles. The molecule has 0 bridgehead atoms. The minimum absolute atomic E-state index is 0.166. The number of ether oxygens (including phenoxy) is 2. The number of carbonyl (C=O) groups is 1. The Morgan fingerprint density at radius 3 is 2.48 bits per heavy atom. The van der Waals surface area contributed by atoms with Crippen LogP contribution in [0, 0.1) is 17.0 Å². The van der Waals surface area contributed by atoms with Gasteiger partial charge in [-0.1, -0.05) is 48.5 Å². The first kappa shape index (κ1) is 21.5. The highest BCUT2D eigenvalue weighted by molar-refractivity contribution is 5.96. The van der Waals surface area contributed by atoms with E-state index in [-0.39, 0.29) is 23.6 Å². The van der Waals surface area contributed by atoms with E-state index in [4.69, 9.17) is 9.47 Å². The summed E-state index contributed by atoms with van der Waals surface area (Å²) in [5.74, 6) is 0.138. The molecule has 1 amide bonds. The van der Waals surface area contributed by atoms with Gasteiger partial charge in [-0.05, 0) is 30.2 Å². The molecule has 0 heterocycles. The van der Waals surface area contributed by atoms with Crippen LogP contribution in [-0.2, 0) is 6.61 Å². The van der Waals surface area contributed by atoms with Gasteiger partial charge < -0.3 is 9.47 Å². The molecule has 0 spiro atoms. The van der Waals surface area contributed by atoms with Crippen LogP contribution in [0.25, 0.3) is 0 Å². The van der Waals surface area contributed by atoms with Gasteiger partial charge in [0.05, 0.1) is 29.9 Å². The van der Waals surface area contributed by atoms with Gasteiger partial charge in [0.15, 0.2) is 11.5 Å². The number of nitro benzene ring substituents is 1. The number of nitrogens with one attached hydrogen (secondary N) is 1. The summed E-state index contributed by atoms with van der Waals surface area (Å²) in [5.41, 5.74) is 4.51. The lowest BCUT2D eigenvalue weighted by molar-refractivity contribution is -0.385. The van der Waals surface area contributed by atoms with Crippen molar-refractivity contribution in [2.45, 2.75) is 13.5 Å². The number of nitrogens with zero attached hydrogens (tertiary/aromatic N) is 2. The van der Waals surface area contributed by atoms with Crippen molar-refractivity contribution >= 4 is 17.8 Å². The third-order valence-electron chi connectivity index (χ3n) is 4.51. The van der Waals surface area contributed by atoms with Gasteiger partial charge >= 0.3 is 0 Å². The van der Waals surface area contributed by atoms with Gasteiger partial charge in [0.2, 0.25) is 0 Å². The van der Waals surface area contributed by atoms with E-state index in [1.807, 2.05) is 49.4 Å². The zero-order valence-electron chi connectivity index (χ0n) is 17.1. The van der Waals surface area contributed by atoms with E-state index in [2.05, 4.69) is 10.5 Å². The third kappa shape index (κ3) is 5.45. The molecule has 1 N–H and O–H groups in total. The summed E-state index contributed by atoms with van der Waals surface area (Å²) < 4.78 is 11.1. The Balaban J connectivity index is 1.81. The molecule has 0 unspecified atom stereocenters. The number of methoxy groups -OCH3 is 1. The van der Waals surface area contributed by atoms with Crippen LogP contribution in [0.2, 0.25) is 0 Å². The fourth-order valence-corrected chi connectivity index (χ4v) is 2.88. The molecule has 8 nitrogen and oxygen atoms in total. The topological polar surface area (TPSA) is 103 Å². The SMILES string of the molecule is COc1cc(/C=N\NC(=O)c2ccccc2C)c([N+](=O)[O-])cc1OCc1ccccc1. The van der Waals surface area contributed by atoms with Gasteiger partial charge in [-0.2, -0.15) is 5.10 Å². The Morgan fingerprint density at radius 1 is 1.10 bits per heavy atom. The monoisotopic (exact) mass is 419 g/mol. The molecular weight excluding hydrogens is 398 g/mol. The van der Waals surface area contributed by atoms with E-state index in [0.29, 0.717) is 11.3 Å². The normalized spacial score (nSPS) is 10.6. The van der Waals surface area contributed by atoms with Crippen molar-refractivity contribution in [3.05, 3.63) is 99.1 Å². The highest BCUT2D eigenvalue weighted by Gasteiger charge is 2.19. The lowest BCUT2D eigenvalue weighted by Crippen LogP contribution is -2.18. The minimum atomic E-state index is -0.542. The van der Waals surface area contributed by atoms with Crippen molar-refractivity contribution in [2.75, 3.05) is 7.11 Å². The van der Waals surface area contributed by atoms with Crippen molar-refractivity contribution in [1.82, 2.24) is 5.43 Å². The zero-order chi connectivity index (χ0) is 22.2. The van der Waals surface area contributed by atoms with Crippen molar-refractivity contribution in [3.8, 4) is 11.5 Å². The second kappa shape index (κ2) is 10.0. The average Bonchev–Trinajstić information content (AvgIpc) is 2.78. The van der Waals surface area contributed by atoms with Crippen molar-refractivity contribution in [2.24, 2.45) is 5.10 Å². The summed E-state index contributed by atoms with van der Waals surface area (Å²) >= 11 is 0. The Bertz CT molecular complexity index is 1110. The van der Waals surface area contributed by atoms with Crippen molar-refractivity contribution < 1.29 is 19.2 Å². The van der Waals surface area contributed by atoms with E-state index in [1.54, 1.807) is 12.1 Å². The lowest BCUT2D eigenvalue weighted by Gasteiger charge is -2.12. The van der Waals surface area contributed by atoms with Crippen LogP contribution in [0.15, 0.2) is 71.8 Å². The maximum absolute atomic E-state index is 12.3. The summed E-state index contributed by atoms with van der Waals surface area (Å²) in [5, 5.41) is 15.4. The van der Waals surface area contributed by atoms with Crippen LogP contribution in [0.3, 0.4) is 0 Å². The number of benzene rings is 3. The van der Waals surface area contributed by atoms with E-state index in [1.165, 1.54) is 25.5 Å². The van der Waals surface area contributed by atoms with Crippen LogP contribution in [-0.4, -0.2) is 24.2 Å². The van der Waals surface area contributed by atoms with Crippen molar-refractivity contribution in [3.63, 3.8) is 0 Å². The summed E-state index contributed by atoms with van der Waals surface area (Å²) in [6, 6.07) is 19.2. The van der Waals surface area contributed by atoms with Gasteiger partial charge in [0, 0.05) is 5.56 Å². The molecule has 0 saturated heterocycles. The van der Waals surface area contributed by atoms with E-state index >= 15 is 0 Å². The first-order chi connectivity index (χ1) is 15.0. The first-order valence-corrected chi connectivity index (χ1v) is 9.41. The second-order valence-corrected chi connectivity index (χ2v) is 6.61. The zero-order valence-corrected chi connectivity index (χ0v) is 17.1. The van der Waals surface area contributed by atoms with E-state index in [0.717, 1.165) is 11.1 Å². The van der Waals surface area contributed by atoms with Crippen LogP contribution < -0.4 is 14.9 Å². The summed E-state index contributed by atoms with van der Waals surface area (Å²) in [6.07, 6.45) is 1.21. The van der Waals surface area contributed by atoms with Gasteiger partial charge in [-0.15, -0.1) is 0 Å². The largest absolute Gasteiger partial charge is 0.493 e. The smallest absolute Gasteiger partial charge is 0.282 e. The number of nitro groups is 1. The molecule has 3 aromatic rings. The lowest BCUT2D eigenvalue weighted by atomic mass is 10.1. The molecule has 0 radical (unpaired) electrons. The molecule has 0 fully saturated rings. The molecule has 31 heavy (non-hydrogen) atoms. The molecule has 0 saturated carbocycles. The average molecular weight is 419 g/mol. The maximum Gasteiger partial charge on any atom is 0.282 e. The fourth-order valence-electron chi connectivity index (χ4n) is 2.88. The molecule has 0 atom stereocenters. The molecule has 3 rings (SSSR count). The highest BCUT2D eigenvalue weighted by atomic mass is 16.6. The summed E-state index contributed by atoms with van der Waals surface area (Å²) in [6.45, 7) is 2.04. The van der Waals surface area contributed by atoms with Gasteiger partial charge in [-0.25, -0.2) is 5.43 Å². The van der Waals surface area contributed by atoms with Crippen LogP contribution in [0.4, 0.5) is 5.69 Å². The molecule has 0 aliphatic rings. The predicted octanol–water partition coefficient (Wildman–Crippen LogP) is 4.25. The fraction of sp³-hybridized carbons (Fsp3) is 0.130. The second-order valence-electron chi connectivity index (χ2n) is 6.61. The van der Waals surface area contributed by atoms with Crippen LogP contribution >= 0.6 is 0 Å². The van der Waals surface area contributed by atoms with Crippen LogP contribution in [0.1, 0.15) is 27.0 Å². The Labute approximate surface area is 179 Å². The summed E-state index contributed by atoms with van der Waals surface area (Å²) in [7, 11) is 1.44. The van der Waals surface area contributed by atoms with Gasteiger partial charge in [0.25, 0.3) is 11.6 Å². The number of carbonyl (C=O) groups excluding carboxylic acids is 1. The van der Waals surface area contributed by atoms with E-state index in [9.17, 15) is 14.9 Å². The molecule has 158 valence electrons. The third-order valence-corrected chi connectivity index (χ3v) is 4.51. The standard InChI is InChI=1S/C23H21N3O5/c1-16-8-6-7-11-19(16)23(27)25-24-14-18-12-21(30-2)22(13-20(18)26(28)29)31-15-17-9-4-3-5-10-17/h3-14H,15H2,1-2H3,(H,25,27)/b24-14-. The minimum Gasteiger partial charge on any atom is -0.493 e. The number of aryl methyl sites for hydroxylation is 1. The number of rotatable bonds is 8. The molecule has 0 aromatic heterocycles. The Morgan fingerprint density at radius 2 is 1.81 bits per heavy atom. The van der Waals surface area contributed by atoms with Gasteiger partial charge in [0.1, 0.15) is 6.61 Å². The van der Waals surface area contributed by atoms with Crippen molar-refractivity contribution in [1.29, 1.82) is 0 Å². The quantitative estimate of drug-likeness (QED) is 0.334. The molecular formula is C23H21N3O5. The Kier molecular flexibility index (Phi) is 6.95. The molecule has 8 heteroatoms. The Hall–Kier alpha value is -4.20. The van der Waals surface area contributed by atoms with Gasteiger partial charge in [-0.3, -0.25) is 14.9 Å². The number of amides is 1. The molecule has 0 aliphatic heterocycles. The highest BCUT2D eigenvalue weighted by Crippen LogP contribution is 2.34. The van der Waals surface area contributed by atoms with Crippen LogP contribution in [0.5, 0.6) is 11.5 Å². The maximum atomic E-state index is 12.3. The first-order valence-electron chi connectivity index (χ1n) is 9.41. The number of hydrogen-bond acceptors (Lipinski definition) is 6. The number of hydrazone groups is 1. The molecule has 3 aromatic carbocycles. The number of hydrogen-bond donors (Lipinski definition) is 1. The van der Waals surface area contributed by atoms with E-state index < -0.39 is 10.8 Å².